The molecule has 0 amide bonds. The molecule has 5 heteroatoms. The predicted octanol–water partition coefficient (Wildman–Crippen LogP) is 1.45. The zero-order valence-electron chi connectivity index (χ0n) is 9.01. The van der Waals surface area contributed by atoms with Gasteiger partial charge in [-0.1, -0.05) is 19.2 Å². The van der Waals surface area contributed by atoms with Crippen molar-refractivity contribution in [2.75, 3.05) is 5.73 Å². The highest BCUT2D eigenvalue weighted by atomic mass is 16.6. The normalized spacial score (nSPS) is 9.18. The topological polar surface area (TPSA) is 78.6 Å². The maximum atomic E-state index is 11.1. The lowest BCUT2D eigenvalue weighted by molar-refractivity contribution is -0.131. The molecule has 0 spiro atoms. The first-order chi connectivity index (χ1) is 8.08. The maximum Gasteiger partial charge on any atom is 0.335 e. The van der Waals surface area contributed by atoms with Gasteiger partial charge >= 0.3 is 11.9 Å². The van der Waals surface area contributed by atoms with E-state index in [4.69, 9.17) is 15.2 Å². The average molecular weight is 233 g/mol. The molecule has 1 aromatic carbocycles. The molecule has 88 valence electrons. The Morgan fingerprint density at radius 1 is 1.12 bits per heavy atom. The van der Waals surface area contributed by atoms with E-state index in [1.165, 1.54) is 12.1 Å². The largest absolute Gasteiger partial charge is 0.419 e. The van der Waals surface area contributed by atoms with Crippen molar-refractivity contribution >= 4 is 17.6 Å². The number of anilines is 1. The molecule has 0 saturated heterocycles. The third kappa shape index (κ3) is 3.20. The van der Waals surface area contributed by atoms with E-state index in [0.717, 1.165) is 12.2 Å². The van der Waals surface area contributed by atoms with Crippen LogP contribution in [0.15, 0.2) is 43.5 Å². The number of rotatable bonds is 4. The van der Waals surface area contributed by atoms with Gasteiger partial charge in [-0.25, -0.2) is 9.59 Å². The third-order valence-electron chi connectivity index (χ3n) is 1.76. The molecule has 0 radical (unpaired) electrons. The van der Waals surface area contributed by atoms with Crippen molar-refractivity contribution in [2.45, 2.75) is 0 Å². The Morgan fingerprint density at radius 3 is 2.29 bits per heavy atom. The van der Waals surface area contributed by atoms with Gasteiger partial charge in [-0.3, -0.25) is 0 Å². The molecule has 0 saturated carbocycles. The van der Waals surface area contributed by atoms with Gasteiger partial charge in [-0.15, -0.1) is 0 Å². The Balaban J connectivity index is 3.07. The summed E-state index contributed by atoms with van der Waals surface area (Å²) in [6, 6.07) is 4.52. The first-order valence-electron chi connectivity index (χ1n) is 4.65. The standard InChI is InChI=1S/C12H11NO4/c1-3-10(14)16-9-7-5-6-8(13)12(9)17-11(15)4-2/h3-7H,1-2,13H2. The van der Waals surface area contributed by atoms with Gasteiger partial charge in [0.05, 0.1) is 5.69 Å². The number of nitrogens with two attached hydrogens (primary N) is 1. The van der Waals surface area contributed by atoms with Gasteiger partial charge in [-0.05, 0) is 12.1 Å². The first-order valence-corrected chi connectivity index (χ1v) is 4.65. The molecule has 0 aromatic heterocycles. The predicted molar refractivity (Wildman–Crippen MR) is 62.5 cm³/mol. The fraction of sp³-hybridized carbons (Fsp3) is 0. The lowest BCUT2D eigenvalue weighted by Gasteiger charge is -2.10. The number of ether oxygens (including phenoxy) is 2. The minimum Gasteiger partial charge on any atom is -0.419 e. The van der Waals surface area contributed by atoms with E-state index in [1.807, 2.05) is 0 Å². The summed E-state index contributed by atoms with van der Waals surface area (Å²) in [5.41, 5.74) is 5.79. The molecule has 2 N–H and O–H groups in total. The quantitative estimate of drug-likeness (QED) is 0.368. The summed E-state index contributed by atoms with van der Waals surface area (Å²) in [6.07, 6.45) is 1.97. The summed E-state index contributed by atoms with van der Waals surface area (Å²) in [5.74, 6) is -1.34. The van der Waals surface area contributed by atoms with Crippen molar-refractivity contribution in [3.63, 3.8) is 0 Å². The Hall–Kier alpha value is -2.56. The van der Waals surface area contributed by atoms with Crippen LogP contribution in [0.2, 0.25) is 0 Å². The molecule has 0 aliphatic rings. The number of para-hydroxylation sites is 1. The summed E-state index contributed by atoms with van der Waals surface area (Å²) in [7, 11) is 0. The van der Waals surface area contributed by atoms with Gasteiger partial charge in [0, 0.05) is 12.2 Å². The van der Waals surface area contributed by atoms with Crippen LogP contribution in [0.1, 0.15) is 0 Å². The fourth-order valence-electron chi connectivity index (χ4n) is 1.01. The third-order valence-corrected chi connectivity index (χ3v) is 1.76. The molecule has 0 unspecified atom stereocenters. The molecule has 0 aliphatic carbocycles. The lowest BCUT2D eigenvalue weighted by atomic mass is 10.3. The number of carbonyl (C=O) groups excluding carboxylic acids is 2. The van der Waals surface area contributed by atoms with Gasteiger partial charge < -0.3 is 15.2 Å². The first kappa shape index (κ1) is 12.5. The van der Waals surface area contributed by atoms with Gasteiger partial charge in [0.25, 0.3) is 0 Å². The highest BCUT2D eigenvalue weighted by Crippen LogP contribution is 2.33. The summed E-state index contributed by atoms with van der Waals surface area (Å²) >= 11 is 0. The Morgan fingerprint density at radius 2 is 1.71 bits per heavy atom. The van der Waals surface area contributed by atoms with E-state index >= 15 is 0 Å². The van der Waals surface area contributed by atoms with Crippen LogP contribution in [0.5, 0.6) is 11.5 Å². The van der Waals surface area contributed by atoms with Crippen LogP contribution in [-0.4, -0.2) is 11.9 Å². The Bertz CT molecular complexity index is 479. The number of hydrogen-bond acceptors (Lipinski definition) is 5. The number of benzene rings is 1. The van der Waals surface area contributed by atoms with Crippen molar-refractivity contribution in [3.05, 3.63) is 43.5 Å². The minimum atomic E-state index is -0.696. The van der Waals surface area contributed by atoms with Crippen molar-refractivity contribution in [1.29, 1.82) is 0 Å². The molecule has 0 fully saturated rings. The molecule has 0 atom stereocenters. The lowest BCUT2D eigenvalue weighted by Crippen LogP contribution is -2.10. The highest BCUT2D eigenvalue weighted by Gasteiger charge is 2.13. The summed E-state index contributed by atoms with van der Waals surface area (Å²) < 4.78 is 9.75. The molecule has 5 nitrogen and oxygen atoms in total. The Kier molecular flexibility index (Phi) is 4.05. The Labute approximate surface area is 98.1 Å². The van der Waals surface area contributed by atoms with Crippen LogP contribution in [0, 0.1) is 0 Å². The van der Waals surface area contributed by atoms with Crippen LogP contribution in [-0.2, 0) is 9.59 Å². The zero-order valence-corrected chi connectivity index (χ0v) is 9.01. The van der Waals surface area contributed by atoms with Crippen LogP contribution >= 0.6 is 0 Å². The molecule has 0 bridgehead atoms. The summed E-state index contributed by atoms with van der Waals surface area (Å²) in [5, 5.41) is 0. The molecular weight excluding hydrogens is 222 g/mol. The van der Waals surface area contributed by atoms with Crippen LogP contribution in [0.25, 0.3) is 0 Å². The highest BCUT2D eigenvalue weighted by molar-refractivity contribution is 5.87. The SMILES string of the molecule is C=CC(=O)Oc1cccc(N)c1OC(=O)C=C. The fourth-order valence-corrected chi connectivity index (χ4v) is 1.01. The second-order valence-electron chi connectivity index (χ2n) is 2.92. The molecular formula is C12H11NO4. The summed E-state index contributed by atoms with van der Waals surface area (Å²) in [6.45, 7) is 6.51. The van der Waals surface area contributed by atoms with E-state index in [2.05, 4.69) is 13.2 Å². The van der Waals surface area contributed by atoms with E-state index < -0.39 is 11.9 Å². The second-order valence-corrected chi connectivity index (χ2v) is 2.92. The van der Waals surface area contributed by atoms with Crippen molar-refractivity contribution in [3.8, 4) is 11.5 Å². The van der Waals surface area contributed by atoms with Gasteiger partial charge in [0.2, 0.25) is 0 Å². The van der Waals surface area contributed by atoms with Gasteiger partial charge in [0.1, 0.15) is 0 Å². The van der Waals surface area contributed by atoms with Crippen molar-refractivity contribution in [1.82, 2.24) is 0 Å². The van der Waals surface area contributed by atoms with Crippen LogP contribution in [0.4, 0.5) is 5.69 Å². The second kappa shape index (κ2) is 5.50. The minimum absolute atomic E-state index is 0.0207. The average Bonchev–Trinajstić information content (AvgIpc) is 2.33. The number of nitrogen functional groups attached to an aromatic ring is 1. The molecule has 0 heterocycles. The maximum absolute atomic E-state index is 11.1. The van der Waals surface area contributed by atoms with Gasteiger partial charge in [0.15, 0.2) is 11.5 Å². The monoisotopic (exact) mass is 233 g/mol. The number of esters is 2. The number of hydrogen-bond donors (Lipinski definition) is 1. The number of carbonyl (C=O) groups is 2. The molecule has 1 aromatic rings. The van der Waals surface area contributed by atoms with Crippen LogP contribution in [0.3, 0.4) is 0 Å². The van der Waals surface area contributed by atoms with E-state index in [-0.39, 0.29) is 17.2 Å². The molecule has 17 heavy (non-hydrogen) atoms. The zero-order chi connectivity index (χ0) is 12.8. The summed E-state index contributed by atoms with van der Waals surface area (Å²) in [4.78, 5) is 22.1. The molecule has 0 aliphatic heterocycles. The van der Waals surface area contributed by atoms with Crippen molar-refractivity contribution < 1.29 is 19.1 Å². The van der Waals surface area contributed by atoms with E-state index in [1.54, 1.807) is 6.07 Å². The van der Waals surface area contributed by atoms with Crippen LogP contribution < -0.4 is 15.2 Å². The molecule has 1 rings (SSSR count). The van der Waals surface area contributed by atoms with E-state index in [9.17, 15) is 9.59 Å². The van der Waals surface area contributed by atoms with Gasteiger partial charge in [-0.2, -0.15) is 0 Å². The smallest absolute Gasteiger partial charge is 0.335 e. The van der Waals surface area contributed by atoms with E-state index in [0.29, 0.717) is 0 Å². The van der Waals surface area contributed by atoms with Crippen molar-refractivity contribution in [2.24, 2.45) is 0 Å².